The molecule has 33 heavy (non-hydrogen) atoms. The van der Waals surface area contributed by atoms with Gasteiger partial charge in [-0.05, 0) is 72.7 Å². The van der Waals surface area contributed by atoms with Crippen LogP contribution in [0.3, 0.4) is 0 Å². The van der Waals surface area contributed by atoms with E-state index in [1.165, 1.54) is 22.3 Å². The molecule has 0 N–H and O–H groups in total. The van der Waals surface area contributed by atoms with Crippen molar-refractivity contribution in [3.8, 4) is 5.75 Å². The van der Waals surface area contributed by atoms with Gasteiger partial charge in [-0.1, -0.05) is 30.3 Å². The first-order valence-corrected chi connectivity index (χ1v) is 11.8. The van der Waals surface area contributed by atoms with E-state index < -0.39 is 0 Å². The Labute approximate surface area is 197 Å². The largest absolute Gasteiger partial charge is 0.494 e. The lowest BCUT2D eigenvalue weighted by atomic mass is 10.0. The molecule has 1 amide bonds. The highest BCUT2D eigenvalue weighted by molar-refractivity contribution is 5.95. The van der Waals surface area contributed by atoms with Gasteiger partial charge in [-0.25, -0.2) is 0 Å². The molecule has 2 aromatic carbocycles. The first kappa shape index (κ1) is 23.0. The predicted octanol–water partition coefficient (Wildman–Crippen LogP) is 4.81. The summed E-state index contributed by atoms with van der Waals surface area (Å²) in [5.41, 5.74) is 6.15. The smallest absolute Gasteiger partial charge is 0.227 e. The number of pyridine rings is 1. The van der Waals surface area contributed by atoms with Crippen molar-refractivity contribution in [2.24, 2.45) is 0 Å². The fourth-order valence-electron chi connectivity index (χ4n) is 4.33. The molecule has 0 atom stereocenters. The molecule has 0 bridgehead atoms. The zero-order valence-electron chi connectivity index (χ0n) is 19.7. The van der Waals surface area contributed by atoms with Crippen LogP contribution >= 0.6 is 0 Å². The highest BCUT2D eigenvalue weighted by Crippen LogP contribution is 2.30. The molecule has 3 aromatic rings. The number of fused-ring (bicyclic) bond motifs is 1. The number of amides is 1. The number of nitrogens with zero attached hydrogens (tertiary/aromatic N) is 3. The van der Waals surface area contributed by atoms with Crippen LogP contribution in [0.25, 0.3) is 0 Å². The summed E-state index contributed by atoms with van der Waals surface area (Å²) < 4.78 is 6.08. The molecule has 0 saturated heterocycles. The molecule has 5 nitrogen and oxygen atoms in total. The minimum absolute atomic E-state index is 0.177. The van der Waals surface area contributed by atoms with Gasteiger partial charge in [-0.15, -0.1) is 0 Å². The lowest BCUT2D eigenvalue weighted by Gasteiger charge is -2.26. The van der Waals surface area contributed by atoms with Crippen LogP contribution in [0.2, 0.25) is 0 Å². The second-order valence-electron chi connectivity index (χ2n) is 8.76. The first-order valence-electron chi connectivity index (χ1n) is 11.8. The molecule has 1 aliphatic rings. The Bertz CT molecular complexity index is 1070. The van der Waals surface area contributed by atoms with E-state index in [9.17, 15) is 4.79 Å². The molecule has 172 valence electrons. The van der Waals surface area contributed by atoms with E-state index in [2.05, 4.69) is 53.2 Å². The number of anilines is 1. The Hall–Kier alpha value is -3.18. The Balaban J connectivity index is 1.32. The fraction of sp³-hybridized carbons (Fsp3) is 0.357. The standard InChI is InChI=1S/C28H33N3O2/c1-22-7-3-4-9-25(22)21-31(17-14-23-8-5-15-29-20-23)16-6-18-33-26-11-12-27-24(19-26)10-13-28(32)30(27)2/h3-5,7-9,11-12,15,19-20H,6,10,13-14,16-18,21H2,1-2H3. The average molecular weight is 444 g/mol. The van der Waals surface area contributed by atoms with E-state index in [-0.39, 0.29) is 5.91 Å². The fourth-order valence-corrected chi connectivity index (χ4v) is 4.33. The van der Waals surface area contributed by atoms with Crippen LogP contribution in [0.4, 0.5) is 5.69 Å². The number of aryl methyl sites for hydroxylation is 2. The van der Waals surface area contributed by atoms with Crippen molar-refractivity contribution in [2.45, 2.75) is 39.2 Å². The minimum Gasteiger partial charge on any atom is -0.494 e. The molecule has 0 radical (unpaired) electrons. The second-order valence-corrected chi connectivity index (χ2v) is 8.76. The summed E-state index contributed by atoms with van der Waals surface area (Å²) in [5, 5.41) is 0. The molecule has 1 aromatic heterocycles. The number of carbonyl (C=O) groups excluding carboxylic acids is 1. The van der Waals surface area contributed by atoms with Crippen molar-refractivity contribution in [1.82, 2.24) is 9.88 Å². The predicted molar refractivity (Wildman–Crippen MR) is 133 cm³/mol. The zero-order valence-corrected chi connectivity index (χ0v) is 19.7. The number of rotatable bonds is 10. The number of ether oxygens (including phenoxy) is 1. The van der Waals surface area contributed by atoms with Crippen molar-refractivity contribution in [3.05, 3.63) is 89.2 Å². The molecule has 0 fully saturated rings. The highest BCUT2D eigenvalue weighted by Gasteiger charge is 2.21. The van der Waals surface area contributed by atoms with Crippen molar-refractivity contribution in [3.63, 3.8) is 0 Å². The Morgan fingerprint density at radius 3 is 2.76 bits per heavy atom. The zero-order chi connectivity index (χ0) is 23.0. The maximum atomic E-state index is 11.9. The quantitative estimate of drug-likeness (QED) is 0.422. The summed E-state index contributed by atoms with van der Waals surface area (Å²) in [7, 11) is 1.84. The third-order valence-corrected chi connectivity index (χ3v) is 6.38. The Morgan fingerprint density at radius 2 is 1.94 bits per heavy atom. The lowest BCUT2D eigenvalue weighted by Crippen LogP contribution is -2.31. The van der Waals surface area contributed by atoms with Crippen molar-refractivity contribution >= 4 is 11.6 Å². The maximum Gasteiger partial charge on any atom is 0.227 e. The van der Waals surface area contributed by atoms with Gasteiger partial charge >= 0.3 is 0 Å². The van der Waals surface area contributed by atoms with Gasteiger partial charge in [0.1, 0.15) is 5.75 Å². The summed E-state index contributed by atoms with van der Waals surface area (Å²) in [6.45, 7) is 5.74. The number of hydrogen-bond acceptors (Lipinski definition) is 4. The normalized spacial score (nSPS) is 13.3. The van der Waals surface area contributed by atoms with Gasteiger partial charge in [-0.2, -0.15) is 0 Å². The van der Waals surface area contributed by atoms with Crippen LogP contribution < -0.4 is 9.64 Å². The van der Waals surface area contributed by atoms with Gasteiger partial charge < -0.3 is 9.64 Å². The maximum absolute atomic E-state index is 11.9. The van der Waals surface area contributed by atoms with Gasteiger partial charge in [0.2, 0.25) is 5.91 Å². The third kappa shape index (κ3) is 6.20. The van der Waals surface area contributed by atoms with E-state index in [0.717, 1.165) is 50.3 Å². The van der Waals surface area contributed by atoms with E-state index in [4.69, 9.17) is 4.74 Å². The van der Waals surface area contributed by atoms with Gasteiger partial charge in [0, 0.05) is 51.2 Å². The van der Waals surface area contributed by atoms with Crippen LogP contribution in [-0.4, -0.2) is 42.5 Å². The third-order valence-electron chi connectivity index (χ3n) is 6.38. The van der Waals surface area contributed by atoms with Gasteiger partial charge in [0.15, 0.2) is 0 Å². The van der Waals surface area contributed by atoms with Gasteiger partial charge in [0.05, 0.1) is 6.61 Å². The number of carbonyl (C=O) groups is 1. The number of benzene rings is 2. The topological polar surface area (TPSA) is 45.7 Å². The minimum atomic E-state index is 0.177. The van der Waals surface area contributed by atoms with Crippen molar-refractivity contribution < 1.29 is 9.53 Å². The van der Waals surface area contributed by atoms with E-state index >= 15 is 0 Å². The molecule has 0 aliphatic carbocycles. The van der Waals surface area contributed by atoms with E-state index in [1.54, 1.807) is 4.90 Å². The lowest BCUT2D eigenvalue weighted by molar-refractivity contribution is -0.118. The summed E-state index contributed by atoms with van der Waals surface area (Å²) in [5.74, 6) is 1.06. The summed E-state index contributed by atoms with van der Waals surface area (Å²) in [6, 6.07) is 18.8. The molecule has 0 saturated carbocycles. The molecule has 5 heteroatoms. The van der Waals surface area contributed by atoms with Crippen LogP contribution in [0.15, 0.2) is 67.0 Å². The molecule has 0 unspecified atom stereocenters. The van der Waals surface area contributed by atoms with E-state index in [1.807, 2.05) is 37.6 Å². The number of aromatic nitrogens is 1. The summed E-state index contributed by atoms with van der Waals surface area (Å²) in [6.07, 6.45) is 7.07. The van der Waals surface area contributed by atoms with Crippen LogP contribution in [-0.2, 0) is 24.2 Å². The molecule has 2 heterocycles. The SMILES string of the molecule is Cc1ccccc1CN(CCCOc1ccc2c(c1)CCC(=O)N2C)CCc1cccnc1. The Kier molecular flexibility index (Phi) is 7.74. The number of hydrogen-bond donors (Lipinski definition) is 0. The molecule has 1 aliphatic heterocycles. The van der Waals surface area contributed by atoms with Crippen molar-refractivity contribution in [1.29, 1.82) is 0 Å². The van der Waals surface area contributed by atoms with E-state index in [0.29, 0.717) is 13.0 Å². The van der Waals surface area contributed by atoms with Crippen LogP contribution in [0.5, 0.6) is 5.75 Å². The molecule has 0 spiro atoms. The Morgan fingerprint density at radius 1 is 1.06 bits per heavy atom. The summed E-state index contributed by atoms with van der Waals surface area (Å²) in [4.78, 5) is 20.4. The first-order chi connectivity index (χ1) is 16.1. The van der Waals surface area contributed by atoms with Gasteiger partial charge in [-0.3, -0.25) is 14.7 Å². The van der Waals surface area contributed by atoms with Gasteiger partial charge in [0.25, 0.3) is 0 Å². The van der Waals surface area contributed by atoms with Crippen LogP contribution in [0.1, 0.15) is 35.1 Å². The molecule has 4 rings (SSSR count). The highest BCUT2D eigenvalue weighted by atomic mass is 16.5. The monoisotopic (exact) mass is 443 g/mol. The second kappa shape index (κ2) is 11.1. The van der Waals surface area contributed by atoms with Crippen molar-refractivity contribution in [2.75, 3.05) is 31.6 Å². The summed E-state index contributed by atoms with van der Waals surface area (Å²) >= 11 is 0. The average Bonchev–Trinajstić information content (AvgIpc) is 2.84. The van der Waals surface area contributed by atoms with Crippen LogP contribution in [0, 0.1) is 6.92 Å². The molecular weight excluding hydrogens is 410 g/mol. The molecular formula is C28H33N3O2.